The molecule has 0 heterocycles. The van der Waals surface area contributed by atoms with Crippen molar-refractivity contribution in [3.05, 3.63) is 0 Å². The summed E-state index contributed by atoms with van der Waals surface area (Å²) < 4.78 is 11.2. The van der Waals surface area contributed by atoms with Crippen LogP contribution in [0, 0.1) is 0 Å². The monoisotopic (exact) mass is 192 g/mol. The lowest BCUT2D eigenvalue weighted by Gasteiger charge is -2.16. The highest BCUT2D eigenvalue weighted by molar-refractivity contribution is 6.66. The standard InChI is InChI=1S/C5H16O2Si3/c1-8(2)6-10(5)7-9(3)4/h10H,1-5H3. The Hall–Kier alpha value is 0.571. The molecule has 0 aromatic rings. The molecule has 0 saturated heterocycles. The molecule has 0 aromatic heterocycles. The van der Waals surface area contributed by atoms with Crippen LogP contribution in [-0.4, -0.2) is 27.4 Å². The van der Waals surface area contributed by atoms with Crippen molar-refractivity contribution in [3.8, 4) is 0 Å². The minimum atomic E-state index is -1.23. The van der Waals surface area contributed by atoms with E-state index in [2.05, 4.69) is 32.7 Å². The number of hydrogen-bond acceptors (Lipinski definition) is 2. The van der Waals surface area contributed by atoms with E-state index in [-0.39, 0.29) is 0 Å². The molecule has 2 nitrogen and oxygen atoms in total. The highest BCUT2D eigenvalue weighted by Crippen LogP contribution is 1.95. The third-order valence-corrected chi connectivity index (χ3v) is 7.23. The quantitative estimate of drug-likeness (QED) is 0.627. The van der Waals surface area contributed by atoms with Gasteiger partial charge in [-0.25, -0.2) is 0 Å². The molecular formula is C5H16O2Si3. The van der Waals surface area contributed by atoms with Gasteiger partial charge in [0.1, 0.15) is 0 Å². The maximum atomic E-state index is 5.60. The normalized spacial score (nSPS) is 12.0. The van der Waals surface area contributed by atoms with Crippen LogP contribution in [-0.2, 0) is 8.23 Å². The van der Waals surface area contributed by atoms with E-state index in [1.807, 2.05) is 0 Å². The second-order valence-corrected chi connectivity index (χ2v) is 9.27. The summed E-state index contributed by atoms with van der Waals surface area (Å²) in [6.45, 7) is 10.7. The maximum Gasteiger partial charge on any atom is 0.297 e. The largest absolute Gasteiger partial charge is 0.439 e. The van der Waals surface area contributed by atoms with Gasteiger partial charge in [-0.1, -0.05) is 0 Å². The predicted molar refractivity (Wildman–Crippen MR) is 50.1 cm³/mol. The molecule has 0 aliphatic rings. The van der Waals surface area contributed by atoms with Crippen molar-refractivity contribution in [2.75, 3.05) is 0 Å². The molecular weight excluding hydrogens is 176 g/mol. The summed E-state index contributed by atoms with van der Waals surface area (Å²) in [5.41, 5.74) is 0. The van der Waals surface area contributed by atoms with Crippen molar-refractivity contribution in [3.63, 3.8) is 0 Å². The summed E-state index contributed by atoms with van der Waals surface area (Å²) in [7, 11) is -2.28. The van der Waals surface area contributed by atoms with Crippen LogP contribution in [0.15, 0.2) is 0 Å². The summed E-state index contributed by atoms with van der Waals surface area (Å²) in [4.78, 5) is 0. The molecule has 0 unspecified atom stereocenters. The number of hydrogen-bond donors (Lipinski definition) is 0. The smallest absolute Gasteiger partial charge is 0.297 e. The maximum absolute atomic E-state index is 5.60. The van der Waals surface area contributed by atoms with Crippen molar-refractivity contribution in [1.82, 2.24) is 0 Å². The molecule has 0 atom stereocenters. The van der Waals surface area contributed by atoms with E-state index < -0.39 is 27.4 Å². The van der Waals surface area contributed by atoms with Gasteiger partial charge >= 0.3 is 0 Å². The molecule has 0 spiro atoms. The highest BCUT2D eigenvalue weighted by atomic mass is 28.4. The summed E-state index contributed by atoms with van der Waals surface area (Å²) >= 11 is 0. The van der Waals surface area contributed by atoms with Gasteiger partial charge in [0.15, 0.2) is 18.1 Å². The third kappa shape index (κ3) is 6.69. The fourth-order valence-electron chi connectivity index (χ4n) is 0.688. The predicted octanol–water partition coefficient (Wildman–Crippen LogP) is 1.37. The van der Waals surface area contributed by atoms with Gasteiger partial charge in [0.25, 0.3) is 9.28 Å². The molecule has 0 N–H and O–H groups in total. The Bertz CT molecular complexity index is 77.0. The fourth-order valence-corrected chi connectivity index (χ4v) is 6.62. The van der Waals surface area contributed by atoms with Crippen molar-refractivity contribution in [2.24, 2.45) is 0 Å². The first kappa shape index (κ1) is 10.6. The lowest BCUT2D eigenvalue weighted by Crippen LogP contribution is -2.29. The molecule has 60 valence electrons. The molecule has 0 aromatic carbocycles. The molecule has 0 aliphatic carbocycles. The Balaban J connectivity index is 3.34. The second-order valence-electron chi connectivity index (χ2n) is 2.62. The minimum Gasteiger partial charge on any atom is -0.439 e. The van der Waals surface area contributed by atoms with E-state index in [4.69, 9.17) is 8.23 Å². The van der Waals surface area contributed by atoms with E-state index in [1.54, 1.807) is 0 Å². The van der Waals surface area contributed by atoms with Crippen LogP contribution < -0.4 is 0 Å². The van der Waals surface area contributed by atoms with E-state index in [9.17, 15) is 0 Å². The number of rotatable bonds is 4. The summed E-state index contributed by atoms with van der Waals surface area (Å²) in [5.74, 6) is 0. The van der Waals surface area contributed by atoms with Gasteiger partial charge in [-0.3, -0.25) is 0 Å². The molecule has 2 radical (unpaired) electrons. The van der Waals surface area contributed by atoms with Gasteiger partial charge in [0.2, 0.25) is 0 Å². The van der Waals surface area contributed by atoms with Gasteiger partial charge in [0, 0.05) is 0 Å². The van der Waals surface area contributed by atoms with Gasteiger partial charge in [0.05, 0.1) is 0 Å². The average molecular weight is 192 g/mol. The first-order valence-corrected chi connectivity index (χ1v) is 10.4. The van der Waals surface area contributed by atoms with E-state index in [0.29, 0.717) is 0 Å². The van der Waals surface area contributed by atoms with Gasteiger partial charge in [-0.2, -0.15) is 0 Å². The molecule has 0 aliphatic heterocycles. The van der Waals surface area contributed by atoms with Crippen molar-refractivity contribution < 1.29 is 8.23 Å². The van der Waals surface area contributed by atoms with Gasteiger partial charge in [-0.15, -0.1) is 0 Å². The van der Waals surface area contributed by atoms with Gasteiger partial charge in [-0.05, 0) is 32.7 Å². The third-order valence-electron chi connectivity index (χ3n) is 0.803. The van der Waals surface area contributed by atoms with Crippen LogP contribution in [0.2, 0.25) is 32.7 Å². The molecule has 0 amide bonds. The first-order chi connectivity index (χ1) is 4.52. The Kier molecular flexibility index (Phi) is 5.55. The summed E-state index contributed by atoms with van der Waals surface area (Å²) in [5, 5.41) is 0. The lowest BCUT2D eigenvalue weighted by molar-refractivity contribution is 0.449. The van der Waals surface area contributed by atoms with Crippen LogP contribution in [0.1, 0.15) is 0 Å². The fraction of sp³-hybridized carbons (Fsp3) is 1.00. The molecule has 0 rings (SSSR count). The average Bonchev–Trinajstić information content (AvgIpc) is 1.58. The lowest BCUT2D eigenvalue weighted by atomic mass is 11.9. The SMILES string of the molecule is C[Si](C)O[SiH](C)O[Si](C)C. The molecule has 5 heteroatoms. The summed E-state index contributed by atoms with van der Waals surface area (Å²) in [6, 6.07) is 0. The van der Waals surface area contributed by atoms with Gasteiger partial charge < -0.3 is 8.23 Å². The van der Waals surface area contributed by atoms with E-state index in [1.165, 1.54) is 0 Å². The first-order valence-electron chi connectivity index (χ1n) is 3.46. The molecule has 0 saturated carbocycles. The van der Waals surface area contributed by atoms with Crippen LogP contribution in [0.5, 0.6) is 0 Å². The molecule has 10 heavy (non-hydrogen) atoms. The topological polar surface area (TPSA) is 18.5 Å². The molecule has 0 bridgehead atoms. The Morgan fingerprint density at radius 2 is 1.20 bits per heavy atom. The zero-order valence-electron chi connectivity index (χ0n) is 7.39. The Labute approximate surface area is 68.9 Å². The summed E-state index contributed by atoms with van der Waals surface area (Å²) in [6.07, 6.45) is 0. The van der Waals surface area contributed by atoms with Crippen LogP contribution in [0.3, 0.4) is 0 Å². The zero-order valence-corrected chi connectivity index (χ0v) is 10.5. The Morgan fingerprint density at radius 3 is 1.40 bits per heavy atom. The minimum absolute atomic E-state index is 0.526. The highest BCUT2D eigenvalue weighted by Gasteiger charge is 2.10. The second kappa shape index (κ2) is 5.25. The van der Waals surface area contributed by atoms with Crippen molar-refractivity contribution >= 4 is 27.4 Å². The zero-order chi connectivity index (χ0) is 8.15. The Morgan fingerprint density at radius 1 is 0.900 bits per heavy atom. The van der Waals surface area contributed by atoms with Crippen LogP contribution in [0.25, 0.3) is 0 Å². The van der Waals surface area contributed by atoms with E-state index >= 15 is 0 Å². The van der Waals surface area contributed by atoms with Crippen LogP contribution >= 0.6 is 0 Å². The van der Waals surface area contributed by atoms with E-state index in [0.717, 1.165) is 0 Å². The molecule has 0 fully saturated rings. The van der Waals surface area contributed by atoms with Crippen LogP contribution in [0.4, 0.5) is 0 Å². The van der Waals surface area contributed by atoms with Crippen molar-refractivity contribution in [1.29, 1.82) is 0 Å². The van der Waals surface area contributed by atoms with Crippen molar-refractivity contribution in [2.45, 2.75) is 32.7 Å².